The number of nitrogens with zero attached hydrogens (tertiary/aromatic N) is 1. The summed E-state index contributed by atoms with van der Waals surface area (Å²) in [5.41, 5.74) is 1.42. The standard InChI is InChI=1S/C12H14BrNO3/c1-17-12(15)4-2-3-11(14-16)9-5-7-10(13)8-6-9/h5-8,16H,2-4H2,1H3/b14-11+. The van der Waals surface area contributed by atoms with Crippen LogP contribution in [0.2, 0.25) is 0 Å². The van der Waals surface area contributed by atoms with E-state index in [1.807, 2.05) is 24.3 Å². The summed E-state index contributed by atoms with van der Waals surface area (Å²) in [6.45, 7) is 0. The van der Waals surface area contributed by atoms with Gasteiger partial charge < -0.3 is 9.94 Å². The number of benzene rings is 1. The van der Waals surface area contributed by atoms with Crippen molar-refractivity contribution in [2.24, 2.45) is 5.16 Å². The molecular formula is C12H14BrNO3. The summed E-state index contributed by atoms with van der Waals surface area (Å²) < 4.78 is 5.51. The minimum atomic E-state index is -0.252. The lowest BCUT2D eigenvalue weighted by atomic mass is 10.0. The molecule has 92 valence electrons. The van der Waals surface area contributed by atoms with Gasteiger partial charge in [-0.15, -0.1) is 0 Å². The lowest BCUT2D eigenvalue weighted by Crippen LogP contribution is -2.04. The minimum Gasteiger partial charge on any atom is -0.469 e. The Kier molecular flexibility index (Phi) is 5.69. The Morgan fingerprint density at radius 2 is 2.00 bits per heavy atom. The van der Waals surface area contributed by atoms with Crippen LogP contribution < -0.4 is 0 Å². The van der Waals surface area contributed by atoms with Gasteiger partial charge in [0.15, 0.2) is 0 Å². The number of esters is 1. The average Bonchev–Trinajstić information content (AvgIpc) is 2.35. The second-order valence-electron chi connectivity index (χ2n) is 3.48. The van der Waals surface area contributed by atoms with Crippen molar-refractivity contribution in [3.8, 4) is 0 Å². The van der Waals surface area contributed by atoms with Crippen molar-refractivity contribution in [1.82, 2.24) is 0 Å². The molecule has 1 aromatic rings. The van der Waals surface area contributed by atoms with E-state index in [2.05, 4.69) is 25.8 Å². The number of ether oxygens (including phenoxy) is 1. The van der Waals surface area contributed by atoms with Crippen LogP contribution in [0.25, 0.3) is 0 Å². The van der Waals surface area contributed by atoms with Gasteiger partial charge in [-0.1, -0.05) is 33.2 Å². The molecule has 0 radical (unpaired) electrons. The summed E-state index contributed by atoms with van der Waals surface area (Å²) in [6.07, 6.45) is 1.46. The molecule has 0 atom stereocenters. The fourth-order valence-electron chi connectivity index (χ4n) is 1.40. The van der Waals surface area contributed by atoms with E-state index in [0.717, 1.165) is 10.0 Å². The maximum atomic E-state index is 10.9. The third kappa shape index (κ3) is 4.56. The van der Waals surface area contributed by atoms with E-state index in [9.17, 15) is 4.79 Å². The number of hydrogen-bond donors (Lipinski definition) is 1. The highest BCUT2D eigenvalue weighted by Crippen LogP contribution is 2.13. The molecule has 0 amide bonds. The van der Waals surface area contributed by atoms with Crippen molar-refractivity contribution in [3.05, 3.63) is 34.3 Å². The fraction of sp³-hybridized carbons (Fsp3) is 0.333. The molecule has 0 aromatic heterocycles. The third-order valence-electron chi connectivity index (χ3n) is 2.32. The lowest BCUT2D eigenvalue weighted by molar-refractivity contribution is -0.140. The van der Waals surface area contributed by atoms with Crippen molar-refractivity contribution in [3.63, 3.8) is 0 Å². The molecule has 0 heterocycles. The van der Waals surface area contributed by atoms with Crippen LogP contribution in [-0.4, -0.2) is 24.0 Å². The Morgan fingerprint density at radius 1 is 1.35 bits per heavy atom. The number of halogens is 1. The topological polar surface area (TPSA) is 58.9 Å². The second-order valence-corrected chi connectivity index (χ2v) is 4.40. The Labute approximate surface area is 108 Å². The molecule has 0 unspecified atom stereocenters. The van der Waals surface area contributed by atoms with Gasteiger partial charge in [-0.25, -0.2) is 0 Å². The summed E-state index contributed by atoms with van der Waals surface area (Å²) in [7, 11) is 1.36. The summed E-state index contributed by atoms with van der Waals surface area (Å²) in [4.78, 5) is 10.9. The van der Waals surface area contributed by atoms with Crippen molar-refractivity contribution in [2.75, 3.05) is 7.11 Å². The molecule has 0 saturated carbocycles. The van der Waals surface area contributed by atoms with Crippen LogP contribution in [0.3, 0.4) is 0 Å². The lowest BCUT2D eigenvalue weighted by Gasteiger charge is -2.04. The van der Waals surface area contributed by atoms with E-state index >= 15 is 0 Å². The van der Waals surface area contributed by atoms with Gasteiger partial charge in [0.25, 0.3) is 0 Å². The Balaban J connectivity index is 2.55. The van der Waals surface area contributed by atoms with Gasteiger partial charge in [-0.2, -0.15) is 0 Å². The van der Waals surface area contributed by atoms with Crippen LogP contribution in [0.4, 0.5) is 0 Å². The molecule has 0 aliphatic heterocycles. The Bertz CT molecular complexity index is 401. The van der Waals surface area contributed by atoms with Gasteiger partial charge >= 0.3 is 5.97 Å². The van der Waals surface area contributed by atoms with Crippen molar-refractivity contribution in [1.29, 1.82) is 0 Å². The normalized spacial score (nSPS) is 11.3. The van der Waals surface area contributed by atoms with Gasteiger partial charge in [0.05, 0.1) is 12.8 Å². The molecule has 0 saturated heterocycles. The molecule has 1 N–H and O–H groups in total. The van der Waals surface area contributed by atoms with Crippen molar-refractivity contribution < 1.29 is 14.7 Å². The van der Waals surface area contributed by atoms with Crippen LogP contribution >= 0.6 is 15.9 Å². The summed E-state index contributed by atoms with van der Waals surface area (Å²) >= 11 is 3.33. The first-order valence-corrected chi connectivity index (χ1v) is 6.00. The predicted molar refractivity (Wildman–Crippen MR) is 68.3 cm³/mol. The molecule has 5 heteroatoms. The SMILES string of the molecule is COC(=O)CCC/C(=N\O)c1ccc(Br)cc1. The highest BCUT2D eigenvalue weighted by molar-refractivity contribution is 9.10. The molecule has 0 aliphatic rings. The van der Waals surface area contributed by atoms with Gasteiger partial charge in [0.2, 0.25) is 0 Å². The Hall–Kier alpha value is -1.36. The number of carbonyl (C=O) groups excluding carboxylic acids is 1. The summed E-state index contributed by atoms with van der Waals surface area (Å²) in [6, 6.07) is 7.47. The van der Waals surface area contributed by atoms with E-state index in [0.29, 0.717) is 25.0 Å². The quantitative estimate of drug-likeness (QED) is 0.393. The molecule has 0 spiro atoms. The molecule has 0 aliphatic carbocycles. The zero-order valence-corrected chi connectivity index (χ0v) is 11.1. The maximum Gasteiger partial charge on any atom is 0.305 e. The van der Waals surface area contributed by atoms with Gasteiger partial charge in [-0.3, -0.25) is 4.79 Å². The van der Waals surface area contributed by atoms with Crippen LogP contribution in [0.1, 0.15) is 24.8 Å². The van der Waals surface area contributed by atoms with E-state index in [1.54, 1.807) is 0 Å². The monoisotopic (exact) mass is 299 g/mol. The fourth-order valence-corrected chi connectivity index (χ4v) is 1.66. The molecule has 0 fully saturated rings. The van der Waals surface area contributed by atoms with E-state index in [-0.39, 0.29) is 5.97 Å². The first-order chi connectivity index (χ1) is 8.17. The van der Waals surface area contributed by atoms with Gasteiger partial charge in [0.1, 0.15) is 0 Å². The van der Waals surface area contributed by atoms with Gasteiger partial charge in [0, 0.05) is 10.9 Å². The number of hydrogen-bond acceptors (Lipinski definition) is 4. The molecule has 17 heavy (non-hydrogen) atoms. The molecule has 4 nitrogen and oxygen atoms in total. The van der Waals surface area contributed by atoms with Crippen LogP contribution in [0.15, 0.2) is 33.9 Å². The van der Waals surface area contributed by atoms with Crippen LogP contribution in [0.5, 0.6) is 0 Å². The molecule has 1 aromatic carbocycles. The van der Waals surface area contributed by atoms with Crippen LogP contribution in [0, 0.1) is 0 Å². The second kappa shape index (κ2) is 7.06. The van der Waals surface area contributed by atoms with Crippen molar-refractivity contribution >= 4 is 27.6 Å². The van der Waals surface area contributed by atoms with E-state index in [1.165, 1.54) is 7.11 Å². The summed E-state index contributed by atoms with van der Waals surface area (Å²) in [5.74, 6) is -0.252. The largest absolute Gasteiger partial charge is 0.469 e. The maximum absolute atomic E-state index is 10.9. The van der Waals surface area contributed by atoms with Gasteiger partial charge in [-0.05, 0) is 30.5 Å². The highest BCUT2D eigenvalue weighted by Gasteiger charge is 2.06. The first kappa shape index (κ1) is 13.7. The van der Waals surface area contributed by atoms with E-state index < -0.39 is 0 Å². The number of carbonyl (C=O) groups is 1. The van der Waals surface area contributed by atoms with Crippen LogP contribution in [-0.2, 0) is 9.53 Å². The average molecular weight is 300 g/mol. The Morgan fingerprint density at radius 3 is 2.53 bits per heavy atom. The smallest absolute Gasteiger partial charge is 0.305 e. The van der Waals surface area contributed by atoms with E-state index in [4.69, 9.17) is 5.21 Å². The predicted octanol–water partition coefficient (Wildman–Crippen LogP) is 2.97. The first-order valence-electron chi connectivity index (χ1n) is 5.21. The summed E-state index contributed by atoms with van der Waals surface area (Å²) in [5, 5.41) is 12.2. The number of rotatable bonds is 5. The minimum absolute atomic E-state index is 0.252. The van der Waals surface area contributed by atoms with Crippen molar-refractivity contribution in [2.45, 2.75) is 19.3 Å². The molecular weight excluding hydrogens is 286 g/mol. The highest BCUT2D eigenvalue weighted by atomic mass is 79.9. The zero-order chi connectivity index (χ0) is 12.7. The molecule has 1 rings (SSSR count). The number of methoxy groups -OCH3 is 1. The number of oxime groups is 1. The third-order valence-corrected chi connectivity index (χ3v) is 2.85. The zero-order valence-electron chi connectivity index (χ0n) is 9.52. The molecule has 0 bridgehead atoms.